The summed E-state index contributed by atoms with van der Waals surface area (Å²) in [5, 5.41) is 0. The van der Waals surface area contributed by atoms with Crippen LogP contribution < -0.4 is 9.47 Å². The SMILES string of the molecule is COc1ccc2c(c1)OCCCC/C=C\CC(C)(C)CN(C(C)C)S2(=O)=O. The van der Waals surface area contributed by atoms with Gasteiger partial charge in [0.2, 0.25) is 10.0 Å². The van der Waals surface area contributed by atoms with Crippen LogP contribution in [0, 0.1) is 5.41 Å². The molecule has 0 aliphatic carbocycles. The molecule has 0 N–H and O–H groups in total. The van der Waals surface area contributed by atoms with Crippen LogP contribution in [0.15, 0.2) is 35.2 Å². The van der Waals surface area contributed by atoms with Crippen molar-refractivity contribution in [2.45, 2.75) is 64.3 Å². The average Bonchev–Trinajstić information content (AvgIpc) is 2.60. The number of fused-ring (bicyclic) bond motifs is 1. The Morgan fingerprint density at radius 3 is 2.59 bits per heavy atom. The van der Waals surface area contributed by atoms with Gasteiger partial charge in [-0.2, -0.15) is 4.31 Å². The Morgan fingerprint density at radius 1 is 1.19 bits per heavy atom. The van der Waals surface area contributed by atoms with Crippen molar-refractivity contribution in [1.82, 2.24) is 4.31 Å². The fourth-order valence-electron chi connectivity index (χ4n) is 3.17. The van der Waals surface area contributed by atoms with E-state index in [0.29, 0.717) is 24.7 Å². The van der Waals surface area contributed by atoms with E-state index in [0.717, 1.165) is 25.7 Å². The van der Waals surface area contributed by atoms with Crippen molar-refractivity contribution in [3.8, 4) is 11.5 Å². The normalized spacial score (nSPS) is 22.3. The summed E-state index contributed by atoms with van der Waals surface area (Å²) < 4.78 is 39.8. The molecule has 0 spiro atoms. The van der Waals surface area contributed by atoms with Crippen LogP contribution in [-0.4, -0.2) is 39.0 Å². The van der Waals surface area contributed by atoms with E-state index in [2.05, 4.69) is 26.0 Å². The van der Waals surface area contributed by atoms with Gasteiger partial charge in [-0.05, 0) is 57.1 Å². The highest BCUT2D eigenvalue weighted by Gasteiger charge is 2.34. The maximum Gasteiger partial charge on any atom is 0.247 e. The van der Waals surface area contributed by atoms with Crippen molar-refractivity contribution in [2.24, 2.45) is 5.41 Å². The van der Waals surface area contributed by atoms with E-state index < -0.39 is 10.0 Å². The first-order valence-corrected chi connectivity index (χ1v) is 11.1. The van der Waals surface area contributed by atoms with Gasteiger partial charge in [0.1, 0.15) is 16.4 Å². The Kier molecular flexibility index (Phi) is 7.34. The van der Waals surface area contributed by atoms with Gasteiger partial charge in [0, 0.05) is 18.7 Å². The summed E-state index contributed by atoms with van der Waals surface area (Å²) >= 11 is 0. The number of hydrogen-bond acceptors (Lipinski definition) is 4. The van der Waals surface area contributed by atoms with Crippen molar-refractivity contribution in [3.63, 3.8) is 0 Å². The molecule has 1 aromatic rings. The summed E-state index contributed by atoms with van der Waals surface area (Å²) in [4.78, 5) is 0.209. The van der Waals surface area contributed by atoms with Crippen LogP contribution in [0.3, 0.4) is 0 Å². The summed E-state index contributed by atoms with van der Waals surface area (Å²) in [7, 11) is -2.13. The van der Waals surface area contributed by atoms with Gasteiger partial charge in [0.15, 0.2) is 0 Å². The minimum Gasteiger partial charge on any atom is -0.497 e. The summed E-state index contributed by atoms with van der Waals surface area (Å²) in [6, 6.07) is 4.79. The first-order valence-electron chi connectivity index (χ1n) is 9.65. The van der Waals surface area contributed by atoms with Gasteiger partial charge in [0.05, 0.1) is 13.7 Å². The average molecular weight is 396 g/mol. The quantitative estimate of drug-likeness (QED) is 0.685. The topological polar surface area (TPSA) is 55.8 Å². The standard InChI is InChI=1S/C21H33NO4S/c1-17(2)22-16-21(3,4)13-9-7-6-8-10-14-26-19-15-18(25-5)11-12-20(19)27(22,23)24/h7,9,11-12,15,17H,6,8,10,13-14,16H2,1-5H3/b9-7-. The molecule has 0 saturated heterocycles. The molecule has 0 amide bonds. The third-order valence-corrected chi connectivity index (χ3v) is 6.82. The van der Waals surface area contributed by atoms with Crippen molar-refractivity contribution in [3.05, 3.63) is 30.4 Å². The lowest BCUT2D eigenvalue weighted by Crippen LogP contribution is -2.43. The molecule has 0 fully saturated rings. The summed E-state index contributed by atoms with van der Waals surface area (Å²) in [6.07, 6.45) is 8.11. The Bertz CT molecular complexity index is 753. The van der Waals surface area contributed by atoms with Gasteiger partial charge in [-0.15, -0.1) is 0 Å². The zero-order chi connectivity index (χ0) is 20.1. The molecular formula is C21H33NO4S. The predicted octanol–water partition coefficient (Wildman–Crippen LogP) is 4.63. The first-order chi connectivity index (χ1) is 12.7. The van der Waals surface area contributed by atoms with Gasteiger partial charge < -0.3 is 9.47 Å². The van der Waals surface area contributed by atoms with Crippen molar-refractivity contribution < 1.29 is 17.9 Å². The third-order valence-electron chi connectivity index (χ3n) is 4.76. The fourth-order valence-corrected chi connectivity index (χ4v) is 5.10. The zero-order valence-corrected chi connectivity index (χ0v) is 18.0. The van der Waals surface area contributed by atoms with Crippen LogP contribution in [0.25, 0.3) is 0 Å². The molecule has 0 radical (unpaired) electrons. The largest absolute Gasteiger partial charge is 0.497 e. The number of rotatable bonds is 2. The Morgan fingerprint density at radius 2 is 1.93 bits per heavy atom. The number of hydrogen-bond donors (Lipinski definition) is 0. The highest BCUT2D eigenvalue weighted by Crippen LogP contribution is 2.34. The van der Waals surface area contributed by atoms with Crippen LogP contribution in [0.5, 0.6) is 11.5 Å². The lowest BCUT2D eigenvalue weighted by molar-refractivity contribution is 0.231. The van der Waals surface area contributed by atoms with Crippen LogP contribution in [-0.2, 0) is 10.0 Å². The second kappa shape index (κ2) is 9.11. The first kappa shape index (κ1) is 21.8. The predicted molar refractivity (Wildman–Crippen MR) is 109 cm³/mol. The van der Waals surface area contributed by atoms with Crippen molar-refractivity contribution in [2.75, 3.05) is 20.3 Å². The zero-order valence-electron chi connectivity index (χ0n) is 17.2. The molecule has 5 nitrogen and oxygen atoms in total. The van der Waals surface area contributed by atoms with E-state index in [9.17, 15) is 8.42 Å². The molecule has 0 aromatic heterocycles. The molecular weight excluding hydrogens is 362 g/mol. The van der Waals surface area contributed by atoms with E-state index >= 15 is 0 Å². The monoisotopic (exact) mass is 395 g/mol. The number of nitrogens with zero attached hydrogens (tertiary/aromatic N) is 1. The number of ether oxygens (including phenoxy) is 2. The van der Waals surface area contributed by atoms with E-state index in [-0.39, 0.29) is 16.4 Å². The molecule has 6 heteroatoms. The lowest BCUT2D eigenvalue weighted by Gasteiger charge is -2.34. The highest BCUT2D eigenvalue weighted by molar-refractivity contribution is 7.89. The molecule has 27 heavy (non-hydrogen) atoms. The minimum atomic E-state index is -3.70. The van der Waals surface area contributed by atoms with Gasteiger partial charge >= 0.3 is 0 Å². The van der Waals surface area contributed by atoms with Gasteiger partial charge in [-0.25, -0.2) is 8.42 Å². The second-order valence-electron chi connectivity index (χ2n) is 8.14. The molecule has 0 atom stereocenters. The fraction of sp³-hybridized carbons (Fsp3) is 0.619. The van der Waals surface area contributed by atoms with Crippen LogP contribution >= 0.6 is 0 Å². The molecule has 1 heterocycles. The number of benzene rings is 1. The summed E-state index contributed by atoms with van der Waals surface area (Å²) in [5.74, 6) is 0.954. The van der Waals surface area contributed by atoms with E-state index in [1.54, 1.807) is 29.6 Å². The van der Waals surface area contributed by atoms with E-state index in [1.807, 2.05) is 13.8 Å². The van der Waals surface area contributed by atoms with Crippen molar-refractivity contribution >= 4 is 10.0 Å². The third kappa shape index (κ3) is 5.72. The number of allylic oxidation sites excluding steroid dienone is 2. The molecule has 152 valence electrons. The smallest absolute Gasteiger partial charge is 0.247 e. The van der Waals surface area contributed by atoms with Crippen LogP contribution in [0.1, 0.15) is 53.4 Å². The highest BCUT2D eigenvalue weighted by atomic mass is 32.2. The molecule has 0 bridgehead atoms. The van der Waals surface area contributed by atoms with Crippen molar-refractivity contribution in [1.29, 1.82) is 0 Å². The van der Waals surface area contributed by atoms with Gasteiger partial charge in [0.25, 0.3) is 0 Å². The minimum absolute atomic E-state index is 0.152. The van der Waals surface area contributed by atoms with Gasteiger partial charge in [-0.3, -0.25) is 0 Å². The Hall–Kier alpha value is -1.53. The second-order valence-corrected chi connectivity index (χ2v) is 10.00. The molecule has 1 aromatic carbocycles. The van der Waals surface area contributed by atoms with Gasteiger partial charge in [-0.1, -0.05) is 26.0 Å². The van der Waals surface area contributed by atoms with Crippen LogP contribution in [0.2, 0.25) is 0 Å². The lowest BCUT2D eigenvalue weighted by atomic mass is 9.88. The Balaban J connectivity index is 2.52. The summed E-state index contributed by atoms with van der Waals surface area (Å²) in [6.45, 7) is 8.98. The molecule has 0 unspecified atom stereocenters. The molecule has 1 aliphatic heterocycles. The van der Waals surface area contributed by atoms with E-state index in [4.69, 9.17) is 9.47 Å². The molecule has 0 saturated carbocycles. The number of methoxy groups -OCH3 is 1. The maximum atomic E-state index is 13.5. The maximum absolute atomic E-state index is 13.5. The van der Waals surface area contributed by atoms with Crippen LogP contribution in [0.4, 0.5) is 0 Å². The number of sulfonamides is 1. The summed E-state index contributed by atoms with van der Waals surface area (Å²) in [5.41, 5.74) is -0.161. The Labute approximate surface area is 164 Å². The molecule has 1 aliphatic rings. The van der Waals surface area contributed by atoms with E-state index in [1.165, 1.54) is 0 Å². The molecule has 2 rings (SSSR count).